The highest BCUT2D eigenvalue weighted by Crippen LogP contribution is 2.38. The Morgan fingerprint density at radius 1 is 1.21 bits per heavy atom. The molecule has 2 atom stereocenters. The highest BCUT2D eigenvalue weighted by atomic mass is 32.2. The van der Waals surface area contributed by atoms with Crippen LogP contribution in [0.2, 0.25) is 0 Å². The molecule has 0 unspecified atom stereocenters. The van der Waals surface area contributed by atoms with Gasteiger partial charge in [-0.05, 0) is 36.6 Å². The molecule has 6 heteroatoms. The minimum Gasteiger partial charge on any atom is -0.383 e. The monoisotopic (exact) mass is 398 g/mol. The van der Waals surface area contributed by atoms with Crippen molar-refractivity contribution < 1.29 is 14.3 Å². The van der Waals surface area contributed by atoms with E-state index >= 15 is 0 Å². The van der Waals surface area contributed by atoms with Gasteiger partial charge < -0.3 is 15.0 Å². The van der Waals surface area contributed by atoms with Crippen LogP contribution in [0.1, 0.15) is 33.8 Å². The van der Waals surface area contributed by atoms with Gasteiger partial charge >= 0.3 is 0 Å². The van der Waals surface area contributed by atoms with Crippen LogP contribution in [0.3, 0.4) is 0 Å². The van der Waals surface area contributed by atoms with Gasteiger partial charge in [0, 0.05) is 25.3 Å². The predicted molar refractivity (Wildman–Crippen MR) is 112 cm³/mol. The van der Waals surface area contributed by atoms with E-state index in [1.54, 1.807) is 18.9 Å². The lowest BCUT2D eigenvalue weighted by atomic mass is 10.1. The summed E-state index contributed by atoms with van der Waals surface area (Å²) < 4.78 is 5.05. The van der Waals surface area contributed by atoms with Crippen molar-refractivity contribution in [1.29, 1.82) is 0 Å². The first-order valence-corrected chi connectivity index (χ1v) is 10.5. The number of carbonyl (C=O) groups is 2. The van der Waals surface area contributed by atoms with E-state index in [-0.39, 0.29) is 23.2 Å². The molecule has 1 aliphatic heterocycles. The minimum absolute atomic E-state index is 0.000684. The summed E-state index contributed by atoms with van der Waals surface area (Å²) in [4.78, 5) is 26.6. The molecular weight excluding hydrogens is 372 g/mol. The van der Waals surface area contributed by atoms with Crippen molar-refractivity contribution in [2.75, 3.05) is 26.0 Å². The number of benzene rings is 2. The van der Waals surface area contributed by atoms with Gasteiger partial charge in [-0.15, -0.1) is 11.8 Å². The average molecular weight is 399 g/mol. The standard InChI is InChI=1S/C22H26N2O3S/c1-16(14-27-2)23-21(26)18-8-10-19(11-9-18)22-24(20(25)15-28-22)13-12-17-6-4-3-5-7-17/h3-11,16,22H,12-15H2,1-2H3,(H,23,26)/t16-,22-/m0/s1. The molecule has 28 heavy (non-hydrogen) atoms. The number of hydrogen-bond acceptors (Lipinski definition) is 4. The minimum atomic E-state index is -0.118. The summed E-state index contributed by atoms with van der Waals surface area (Å²) in [6.45, 7) is 3.07. The van der Waals surface area contributed by atoms with Crippen LogP contribution in [0.25, 0.3) is 0 Å². The lowest BCUT2D eigenvalue weighted by Crippen LogP contribution is -2.35. The molecule has 1 heterocycles. The third-order valence-electron chi connectivity index (χ3n) is 4.70. The van der Waals surface area contributed by atoms with Gasteiger partial charge in [0.1, 0.15) is 5.37 Å². The average Bonchev–Trinajstić information content (AvgIpc) is 3.08. The molecule has 3 rings (SSSR count). The zero-order valence-electron chi connectivity index (χ0n) is 16.3. The Bertz CT molecular complexity index is 795. The zero-order chi connectivity index (χ0) is 19.9. The van der Waals surface area contributed by atoms with E-state index in [1.165, 1.54) is 5.56 Å². The first kappa shape index (κ1) is 20.4. The summed E-state index contributed by atoms with van der Waals surface area (Å²) in [5.74, 6) is 0.546. The van der Waals surface area contributed by atoms with Crippen LogP contribution in [0.15, 0.2) is 54.6 Å². The number of methoxy groups -OCH3 is 1. The van der Waals surface area contributed by atoms with Crippen molar-refractivity contribution in [3.63, 3.8) is 0 Å². The molecule has 1 N–H and O–H groups in total. The van der Waals surface area contributed by atoms with E-state index in [1.807, 2.05) is 54.3 Å². The summed E-state index contributed by atoms with van der Waals surface area (Å²) in [6.07, 6.45) is 0.835. The second kappa shape index (κ2) is 9.75. The van der Waals surface area contributed by atoms with Crippen molar-refractivity contribution in [1.82, 2.24) is 10.2 Å². The lowest BCUT2D eigenvalue weighted by Gasteiger charge is -2.24. The van der Waals surface area contributed by atoms with Crippen molar-refractivity contribution in [3.8, 4) is 0 Å². The molecule has 0 saturated carbocycles. The van der Waals surface area contributed by atoms with Gasteiger partial charge in [-0.2, -0.15) is 0 Å². The molecule has 0 aromatic heterocycles. The van der Waals surface area contributed by atoms with Crippen LogP contribution in [-0.2, 0) is 16.0 Å². The molecule has 2 amide bonds. The first-order chi connectivity index (χ1) is 13.6. The van der Waals surface area contributed by atoms with E-state index in [2.05, 4.69) is 17.4 Å². The third-order valence-corrected chi connectivity index (χ3v) is 5.96. The molecular formula is C22H26N2O3S. The van der Waals surface area contributed by atoms with E-state index in [0.29, 0.717) is 24.5 Å². The number of ether oxygens (including phenoxy) is 1. The van der Waals surface area contributed by atoms with Gasteiger partial charge in [0.05, 0.1) is 12.4 Å². The van der Waals surface area contributed by atoms with E-state index in [4.69, 9.17) is 4.74 Å². The van der Waals surface area contributed by atoms with Crippen LogP contribution in [0, 0.1) is 0 Å². The number of nitrogens with zero attached hydrogens (tertiary/aromatic N) is 1. The SMILES string of the molecule is COC[C@H](C)NC(=O)c1ccc([C@@H]2SCC(=O)N2CCc2ccccc2)cc1. The van der Waals surface area contributed by atoms with Crippen molar-refractivity contribution in [2.24, 2.45) is 0 Å². The van der Waals surface area contributed by atoms with Crippen LogP contribution in [-0.4, -0.2) is 48.8 Å². The molecule has 1 saturated heterocycles. The van der Waals surface area contributed by atoms with Crippen molar-refractivity contribution >= 4 is 23.6 Å². The Labute approximate surface area is 170 Å². The molecule has 0 spiro atoms. The number of nitrogens with one attached hydrogen (secondary N) is 1. The number of thioether (sulfide) groups is 1. The van der Waals surface area contributed by atoms with Crippen LogP contribution >= 0.6 is 11.8 Å². The summed E-state index contributed by atoms with van der Waals surface area (Å²) in [5, 5.41) is 2.91. The number of amides is 2. The quantitative estimate of drug-likeness (QED) is 0.741. The van der Waals surface area contributed by atoms with E-state index < -0.39 is 0 Å². The van der Waals surface area contributed by atoms with E-state index in [9.17, 15) is 9.59 Å². The van der Waals surface area contributed by atoms with Crippen molar-refractivity contribution in [3.05, 3.63) is 71.3 Å². The summed E-state index contributed by atoms with van der Waals surface area (Å²) in [6, 6.07) is 17.7. The smallest absolute Gasteiger partial charge is 0.251 e. The third kappa shape index (κ3) is 5.14. The maximum atomic E-state index is 12.4. The Kier molecular flexibility index (Phi) is 7.12. The normalized spacial score (nSPS) is 17.6. The molecule has 1 fully saturated rings. The Morgan fingerprint density at radius 2 is 1.93 bits per heavy atom. The maximum Gasteiger partial charge on any atom is 0.251 e. The lowest BCUT2D eigenvalue weighted by molar-refractivity contribution is -0.128. The van der Waals surface area contributed by atoms with Crippen molar-refractivity contribution in [2.45, 2.75) is 24.8 Å². The number of hydrogen-bond donors (Lipinski definition) is 1. The van der Waals surface area contributed by atoms with Crippen LogP contribution < -0.4 is 5.32 Å². The van der Waals surface area contributed by atoms with Gasteiger partial charge in [0.25, 0.3) is 5.91 Å². The van der Waals surface area contributed by atoms with Gasteiger partial charge in [-0.1, -0.05) is 42.5 Å². The highest BCUT2D eigenvalue weighted by Gasteiger charge is 2.32. The summed E-state index contributed by atoms with van der Waals surface area (Å²) >= 11 is 1.64. The second-order valence-corrected chi connectivity index (χ2v) is 8.01. The van der Waals surface area contributed by atoms with Crippen LogP contribution in [0.4, 0.5) is 0 Å². The molecule has 148 valence electrons. The number of rotatable bonds is 8. The second-order valence-electron chi connectivity index (χ2n) is 6.94. The van der Waals surface area contributed by atoms with Crippen LogP contribution in [0.5, 0.6) is 0 Å². The Morgan fingerprint density at radius 3 is 2.61 bits per heavy atom. The molecule has 2 aromatic carbocycles. The van der Waals surface area contributed by atoms with E-state index in [0.717, 1.165) is 12.0 Å². The fraction of sp³-hybridized carbons (Fsp3) is 0.364. The van der Waals surface area contributed by atoms with Gasteiger partial charge in [0.2, 0.25) is 5.91 Å². The zero-order valence-corrected chi connectivity index (χ0v) is 17.1. The maximum absolute atomic E-state index is 12.4. The topological polar surface area (TPSA) is 58.6 Å². The number of carbonyl (C=O) groups excluding carboxylic acids is 2. The first-order valence-electron chi connectivity index (χ1n) is 9.43. The fourth-order valence-corrected chi connectivity index (χ4v) is 4.48. The molecule has 0 bridgehead atoms. The largest absolute Gasteiger partial charge is 0.383 e. The Hall–Kier alpha value is -2.31. The van der Waals surface area contributed by atoms with Gasteiger partial charge in [0.15, 0.2) is 0 Å². The predicted octanol–water partition coefficient (Wildman–Crippen LogP) is 3.27. The molecule has 0 radical (unpaired) electrons. The summed E-state index contributed by atoms with van der Waals surface area (Å²) in [5.41, 5.74) is 2.88. The van der Waals surface area contributed by atoms with Gasteiger partial charge in [-0.3, -0.25) is 9.59 Å². The summed E-state index contributed by atoms with van der Waals surface area (Å²) in [7, 11) is 1.61. The fourth-order valence-electron chi connectivity index (χ4n) is 3.26. The van der Waals surface area contributed by atoms with Gasteiger partial charge in [-0.25, -0.2) is 0 Å². The molecule has 1 aliphatic rings. The molecule has 0 aliphatic carbocycles. The Balaban J connectivity index is 1.64. The molecule has 2 aromatic rings. The molecule has 5 nitrogen and oxygen atoms in total. The highest BCUT2D eigenvalue weighted by molar-refractivity contribution is 8.00.